The lowest BCUT2D eigenvalue weighted by molar-refractivity contribution is 0.102. The molecule has 0 atom stereocenters. The molecule has 0 aliphatic rings. The van der Waals surface area contributed by atoms with E-state index in [4.69, 9.17) is 11.6 Å². The Hall–Kier alpha value is -1.53. The monoisotopic (exact) mass is 324 g/mol. The summed E-state index contributed by atoms with van der Waals surface area (Å²) in [6.45, 7) is 6.19. The van der Waals surface area contributed by atoms with Gasteiger partial charge in [0.15, 0.2) is 0 Å². The third-order valence-corrected chi connectivity index (χ3v) is 3.80. The molecule has 21 heavy (non-hydrogen) atoms. The molecule has 2 aromatic rings. The van der Waals surface area contributed by atoms with Gasteiger partial charge in [0.1, 0.15) is 10.2 Å². The van der Waals surface area contributed by atoms with Gasteiger partial charge in [-0.05, 0) is 24.5 Å². The van der Waals surface area contributed by atoms with E-state index in [0.717, 1.165) is 23.5 Å². The Balaban J connectivity index is 2.10. The first kappa shape index (κ1) is 15.9. The van der Waals surface area contributed by atoms with Crippen LogP contribution in [0.25, 0.3) is 0 Å². The van der Waals surface area contributed by atoms with Gasteiger partial charge in [-0.2, -0.15) is 0 Å². The van der Waals surface area contributed by atoms with Gasteiger partial charge in [0.2, 0.25) is 5.13 Å². The van der Waals surface area contributed by atoms with E-state index in [9.17, 15) is 4.79 Å². The molecule has 0 aliphatic heterocycles. The van der Waals surface area contributed by atoms with Gasteiger partial charge in [0, 0.05) is 17.7 Å². The van der Waals surface area contributed by atoms with Crippen LogP contribution < -0.4 is 5.32 Å². The first-order valence-electron chi connectivity index (χ1n) is 6.78. The first-order chi connectivity index (χ1) is 9.97. The van der Waals surface area contributed by atoms with Crippen molar-refractivity contribution in [2.75, 3.05) is 5.32 Å². The van der Waals surface area contributed by atoms with Crippen molar-refractivity contribution in [1.29, 1.82) is 0 Å². The molecule has 7 heteroatoms. The molecular formula is C14H17ClN4OS. The van der Waals surface area contributed by atoms with E-state index in [-0.39, 0.29) is 5.91 Å². The van der Waals surface area contributed by atoms with Gasteiger partial charge in [-0.25, -0.2) is 4.98 Å². The summed E-state index contributed by atoms with van der Waals surface area (Å²) >= 11 is 7.32. The second-order valence-corrected chi connectivity index (χ2v) is 6.53. The second kappa shape index (κ2) is 6.95. The van der Waals surface area contributed by atoms with Crippen LogP contribution in [0.5, 0.6) is 0 Å². The van der Waals surface area contributed by atoms with Gasteiger partial charge in [-0.1, -0.05) is 43.7 Å². The summed E-state index contributed by atoms with van der Waals surface area (Å²) in [5.41, 5.74) is 1.26. The third kappa shape index (κ3) is 4.47. The molecule has 2 rings (SSSR count). The van der Waals surface area contributed by atoms with Crippen LogP contribution in [-0.2, 0) is 12.8 Å². The Labute approximate surface area is 132 Å². The van der Waals surface area contributed by atoms with Crippen molar-refractivity contribution in [1.82, 2.24) is 15.2 Å². The van der Waals surface area contributed by atoms with Crippen molar-refractivity contribution >= 4 is 34.0 Å². The molecule has 5 nitrogen and oxygen atoms in total. The number of anilines is 1. The molecule has 0 spiro atoms. The highest BCUT2D eigenvalue weighted by Crippen LogP contribution is 2.20. The Morgan fingerprint density at radius 3 is 2.81 bits per heavy atom. The SMILES string of the molecule is CCc1cc(C(=O)Nc2nnc(CC(C)C)s2)cc(Cl)n1. The van der Waals surface area contributed by atoms with Crippen LogP contribution in [0.2, 0.25) is 5.15 Å². The average Bonchev–Trinajstić information content (AvgIpc) is 2.84. The molecule has 2 heterocycles. The lowest BCUT2D eigenvalue weighted by Gasteiger charge is -2.04. The molecule has 0 saturated heterocycles. The summed E-state index contributed by atoms with van der Waals surface area (Å²) in [7, 11) is 0. The van der Waals surface area contributed by atoms with Gasteiger partial charge in [0.05, 0.1) is 0 Å². The predicted octanol–water partition coefficient (Wildman–Crippen LogP) is 3.60. The van der Waals surface area contributed by atoms with Crippen molar-refractivity contribution in [3.8, 4) is 0 Å². The Morgan fingerprint density at radius 1 is 1.38 bits per heavy atom. The lowest BCUT2D eigenvalue weighted by Crippen LogP contribution is -2.12. The van der Waals surface area contributed by atoms with Crippen LogP contribution in [0.3, 0.4) is 0 Å². The zero-order chi connectivity index (χ0) is 15.4. The number of hydrogen-bond acceptors (Lipinski definition) is 5. The largest absolute Gasteiger partial charge is 0.296 e. The van der Waals surface area contributed by atoms with E-state index in [1.165, 1.54) is 11.3 Å². The fraction of sp³-hybridized carbons (Fsp3) is 0.429. The molecule has 1 N–H and O–H groups in total. The quantitative estimate of drug-likeness (QED) is 0.853. The second-order valence-electron chi connectivity index (χ2n) is 5.08. The van der Waals surface area contributed by atoms with E-state index >= 15 is 0 Å². The van der Waals surface area contributed by atoms with Crippen molar-refractivity contribution in [3.63, 3.8) is 0 Å². The number of aryl methyl sites for hydroxylation is 1. The van der Waals surface area contributed by atoms with E-state index in [0.29, 0.717) is 21.8 Å². The zero-order valence-corrected chi connectivity index (χ0v) is 13.8. The van der Waals surface area contributed by atoms with Crippen molar-refractivity contribution in [3.05, 3.63) is 33.6 Å². The number of hydrogen-bond donors (Lipinski definition) is 1. The van der Waals surface area contributed by atoms with Crippen LogP contribution >= 0.6 is 22.9 Å². The topological polar surface area (TPSA) is 67.8 Å². The summed E-state index contributed by atoms with van der Waals surface area (Å²) in [6, 6.07) is 3.28. The Bertz CT molecular complexity index is 642. The van der Waals surface area contributed by atoms with Crippen LogP contribution in [0.15, 0.2) is 12.1 Å². The molecule has 0 bridgehead atoms. The highest BCUT2D eigenvalue weighted by atomic mass is 35.5. The number of nitrogens with one attached hydrogen (secondary N) is 1. The summed E-state index contributed by atoms with van der Waals surface area (Å²) in [4.78, 5) is 16.3. The minimum Gasteiger partial charge on any atom is -0.296 e. The molecular weight excluding hydrogens is 308 g/mol. The van der Waals surface area contributed by atoms with E-state index in [2.05, 4.69) is 34.3 Å². The normalized spacial score (nSPS) is 10.9. The Kier molecular flexibility index (Phi) is 5.25. The first-order valence-corrected chi connectivity index (χ1v) is 7.97. The highest BCUT2D eigenvalue weighted by molar-refractivity contribution is 7.15. The summed E-state index contributed by atoms with van der Waals surface area (Å²) < 4.78 is 0. The molecule has 0 saturated carbocycles. The molecule has 0 fully saturated rings. The Morgan fingerprint density at radius 2 is 2.14 bits per heavy atom. The van der Waals surface area contributed by atoms with Gasteiger partial charge in [-0.15, -0.1) is 10.2 Å². The van der Waals surface area contributed by atoms with Gasteiger partial charge < -0.3 is 0 Å². The molecule has 0 radical (unpaired) electrons. The van der Waals surface area contributed by atoms with Crippen molar-refractivity contribution in [2.45, 2.75) is 33.6 Å². The van der Waals surface area contributed by atoms with Gasteiger partial charge in [0.25, 0.3) is 5.91 Å². The van der Waals surface area contributed by atoms with E-state index < -0.39 is 0 Å². The smallest absolute Gasteiger partial charge is 0.257 e. The molecule has 2 aromatic heterocycles. The standard InChI is InChI=1S/C14H17ClN4OS/c1-4-10-6-9(7-11(15)16-10)13(20)17-14-19-18-12(21-14)5-8(2)3/h6-8H,4-5H2,1-3H3,(H,17,19,20). The van der Waals surface area contributed by atoms with Crippen LogP contribution in [0, 0.1) is 5.92 Å². The zero-order valence-electron chi connectivity index (χ0n) is 12.2. The average molecular weight is 325 g/mol. The molecule has 0 unspecified atom stereocenters. The number of rotatable bonds is 5. The van der Waals surface area contributed by atoms with Crippen molar-refractivity contribution in [2.24, 2.45) is 5.92 Å². The van der Waals surface area contributed by atoms with Crippen LogP contribution in [0.1, 0.15) is 41.8 Å². The number of carbonyl (C=O) groups is 1. The van der Waals surface area contributed by atoms with Gasteiger partial charge >= 0.3 is 0 Å². The van der Waals surface area contributed by atoms with Crippen LogP contribution in [0.4, 0.5) is 5.13 Å². The maximum atomic E-state index is 12.2. The highest BCUT2D eigenvalue weighted by Gasteiger charge is 2.12. The summed E-state index contributed by atoms with van der Waals surface area (Å²) in [6.07, 6.45) is 1.58. The maximum Gasteiger partial charge on any atom is 0.257 e. The number of carbonyl (C=O) groups excluding carboxylic acids is 1. The molecule has 112 valence electrons. The third-order valence-electron chi connectivity index (χ3n) is 2.74. The van der Waals surface area contributed by atoms with E-state index in [1.807, 2.05) is 6.92 Å². The number of pyridine rings is 1. The summed E-state index contributed by atoms with van der Waals surface area (Å²) in [5.74, 6) is 0.258. The maximum absolute atomic E-state index is 12.2. The molecule has 0 aromatic carbocycles. The summed E-state index contributed by atoms with van der Waals surface area (Å²) in [5, 5.41) is 12.5. The molecule has 0 aliphatic carbocycles. The fourth-order valence-electron chi connectivity index (χ4n) is 1.77. The number of halogens is 1. The minimum atomic E-state index is -0.249. The number of amides is 1. The predicted molar refractivity (Wildman–Crippen MR) is 85.0 cm³/mol. The number of aromatic nitrogens is 3. The minimum absolute atomic E-state index is 0.249. The lowest BCUT2D eigenvalue weighted by atomic mass is 10.1. The molecule has 1 amide bonds. The fourth-order valence-corrected chi connectivity index (χ4v) is 2.94. The van der Waals surface area contributed by atoms with Crippen LogP contribution in [-0.4, -0.2) is 21.1 Å². The number of nitrogens with zero attached hydrogens (tertiary/aromatic N) is 3. The van der Waals surface area contributed by atoms with Crippen molar-refractivity contribution < 1.29 is 4.79 Å². The van der Waals surface area contributed by atoms with E-state index in [1.54, 1.807) is 12.1 Å². The van der Waals surface area contributed by atoms with Gasteiger partial charge in [-0.3, -0.25) is 10.1 Å².